The largest absolute Gasteiger partial charge is 0.300 e. The number of rotatable bonds is 12. The zero-order valence-corrected chi connectivity index (χ0v) is 13.1. The Morgan fingerprint density at radius 2 is 1.33 bits per heavy atom. The van der Waals surface area contributed by atoms with E-state index in [2.05, 4.69) is 20.8 Å². The summed E-state index contributed by atoms with van der Waals surface area (Å²) in [5.41, 5.74) is 0. The van der Waals surface area contributed by atoms with Gasteiger partial charge in [0.2, 0.25) is 0 Å². The molecule has 0 amide bonds. The minimum atomic E-state index is 0.340. The van der Waals surface area contributed by atoms with Crippen molar-refractivity contribution in [2.75, 3.05) is 0 Å². The van der Waals surface area contributed by atoms with Crippen LogP contribution in [0.5, 0.6) is 0 Å². The van der Waals surface area contributed by atoms with Gasteiger partial charge in [-0.25, -0.2) is 0 Å². The van der Waals surface area contributed by atoms with E-state index in [1.54, 1.807) is 6.92 Å². The predicted octanol–water partition coefficient (Wildman–Crippen LogP) is 5.77. The van der Waals surface area contributed by atoms with Crippen molar-refractivity contribution in [3.63, 3.8) is 0 Å². The Hall–Kier alpha value is -0.330. The first-order chi connectivity index (χ1) is 8.56. The van der Waals surface area contributed by atoms with Gasteiger partial charge in [-0.1, -0.05) is 72.1 Å². The molecule has 0 aromatic carbocycles. The van der Waals surface area contributed by atoms with Crippen molar-refractivity contribution in [3.05, 3.63) is 0 Å². The Balaban J connectivity index is 3.29. The topological polar surface area (TPSA) is 17.1 Å². The molecule has 0 aliphatic rings. The van der Waals surface area contributed by atoms with Gasteiger partial charge in [-0.15, -0.1) is 0 Å². The van der Waals surface area contributed by atoms with E-state index in [4.69, 9.17) is 0 Å². The summed E-state index contributed by atoms with van der Waals surface area (Å²) < 4.78 is 0. The van der Waals surface area contributed by atoms with E-state index in [0.717, 1.165) is 24.7 Å². The van der Waals surface area contributed by atoms with Crippen molar-refractivity contribution in [3.8, 4) is 0 Å². The van der Waals surface area contributed by atoms with E-state index < -0.39 is 0 Å². The summed E-state index contributed by atoms with van der Waals surface area (Å²) in [6.45, 7) is 8.69. The molecule has 0 N–H and O–H groups in total. The van der Waals surface area contributed by atoms with Crippen molar-refractivity contribution in [1.82, 2.24) is 0 Å². The van der Waals surface area contributed by atoms with Crippen LogP contribution >= 0.6 is 0 Å². The number of unbranched alkanes of at least 4 members (excludes halogenated alkanes) is 2. The van der Waals surface area contributed by atoms with E-state index in [-0.39, 0.29) is 0 Å². The maximum Gasteiger partial charge on any atom is 0.129 e. The lowest BCUT2D eigenvalue weighted by Crippen LogP contribution is -1.98. The van der Waals surface area contributed by atoms with E-state index in [1.807, 2.05) is 0 Å². The lowest BCUT2D eigenvalue weighted by Gasteiger charge is -2.12. The van der Waals surface area contributed by atoms with E-state index in [1.165, 1.54) is 51.4 Å². The second-order valence-electron chi connectivity index (χ2n) is 6.23. The lowest BCUT2D eigenvalue weighted by molar-refractivity contribution is -0.117. The summed E-state index contributed by atoms with van der Waals surface area (Å²) in [5, 5.41) is 0. The van der Waals surface area contributed by atoms with Crippen LogP contribution in [-0.2, 0) is 4.79 Å². The number of carbonyl (C=O) groups is 1. The molecule has 18 heavy (non-hydrogen) atoms. The van der Waals surface area contributed by atoms with Gasteiger partial charge in [-0.05, 0) is 25.2 Å². The van der Waals surface area contributed by atoms with Gasteiger partial charge < -0.3 is 4.79 Å². The average Bonchev–Trinajstić information content (AvgIpc) is 2.28. The van der Waals surface area contributed by atoms with Crippen LogP contribution in [-0.4, -0.2) is 5.78 Å². The van der Waals surface area contributed by atoms with Crippen molar-refractivity contribution in [1.29, 1.82) is 0 Å². The minimum Gasteiger partial charge on any atom is -0.300 e. The third-order valence-electron chi connectivity index (χ3n) is 3.90. The standard InChI is InChI=1S/C17H34O/c1-5-10-15(2)11-7-6-8-12-16(3)13-9-14-17(4)18/h15-16H,5-14H2,1-4H3/t15-,16-/m0/s1. The number of hydrogen-bond donors (Lipinski definition) is 0. The number of Topliss-reactive ketones (excluding diaryl/α,β-unsaturated/α-hetero) is 1. The summed E-state index contributed by atoms with van der Waals surface area (Å²) in [5.74, 6) is 2.06. The zero-order valence-electron chi connectivity index (χ0n) is 13.1. The summed E-state index contributed by atoms with van der Waals surface area (Å²) in [6.07, 6.45) is 12.7. The second kappa shape index (κ2) is 11.7. The number of ketones is 1. The Morgan fingerprint density at radius 3 is 1.83 bits per heavy atom. The molecule has 0 aliphatic carbocycles. The highest BCUT2D eigenvalue weighted by atomic mass is 16.1. The van der Waals surface area contributed by atoms with Crippen LogP contribution in [0.25, 0.3) is 0 Å². The molecule has 0 spiro atoms. The molecule has 0 aliphatic heterocycles. The first-order valence-electron chi connectivity index (χ1n) is 8.05. The molecule has 0 bridgehead atoms. The van der Waals surface area contributed by atoms with E-state index in [0.29, 0.717) is 5.78 Å². The molecule has 0 rings (SSSR count). The van der Waals surface area contributed by atoms with Crippen LogP contribution in [0, 0.1) is 11.8 Å². The van der Waals surface area contributed by atoms with Crippen LogP contribution in [0.2, 0.25) is 0 Å². The van der Waals surface area contributed by atoms with Crippen LogP contribution in [0.15, 0.2) is 0 Å². The summed E-state index contributed by atoms with van der Waals surface area (Å²) >= 11 is 0. The molecule has 0 fully saturated rings. The molecule has 2 atom stereocenters. The Labute approximate surface area is 115 Å². The lowest BCUT2D eigenvalue weighted by atomic mass is 9.94. The molecule has 1 nitrogen and oxygen atoms in total. The maximum atomic E-state index is 10.8. The molecule has 0 radical (unpaired) electrons. The highest BCUT2D eigenvalue weighted by molar-refractivity contribution is 5.75. The fourth-order valence-electron chi connectivity index (χ4n) is 2.64. The van der Waals surface area contributed by atoms with E-state index >= 15 is 0 Å². The van der Waals surface area contributed by atoms with E-state index in [9.17, 15) is 4.79 Å². The van der Waals surface area contributed by atoms with Gasteiger partial charge in [-0.3, -0.25) is 0 Å². The van der Waals surface area contributed by atoms with Gasteiger partial charge in [0, 0.05) is 6.42 Å². The molecule has 0 saturated carbocycles. The van der Waals surface area contributed by atoms with Gasteiger partial charge in [0.05, 0.1) is 0 Å². The van der Waals surface area contributed by atoms with Crippen molar-refractivity contribution < 1.29 is 4.79 Å². The number of hydrogen-bond acceptors (Lipinski definition) is 1. The molecular weight excluding hydrogens is 220 g/mol. The fraction of sp³-hybridized carbons (Fsp3) is 0.941. The van der Waals surface area contributed by atoms with Crippen molar-refractivity contribution >= 4 is 5.78 Å². The number of carbonyl (C=O) groups excluding carboxylic acids is 1. The molecule has 0 saturated heterocycles. The van der Waals surface area contributed by atoms with Crippen LogP contribution in [0.4, 0.5) is 0 Å². The average molecular weight is 254 g/mol. The molecule has 0 aromatic heterocycles. The van der Waals surface area contributed by atoms with Gasteiger partial charge in [0.1, 0.15) is 5.78 Å². The van der Waals surface area contributed by atoms with Crippen molar-refractivity contribution in [2.45, 2.75) is 91.9 Å². The maximum absolute atomic E-state index is 10.8. The third kappa shape index (κ3) is 12.1. The molecule has 0 aromatic rings. The molecule has 0 heterocycles. The highest BCUT2D eigenvalue weighted by Crippen LogP contribution is 2.19. The van der Waals surface area contributed by atoms with Crippen LogP contribution in [0.3, 0.4) is 0 Å². The Morgan fingerprint density at radius 1 is 0.833 bits per heavy atom. The zero-order chi connectivity index (χ0) is 13.8. The normalized spacial score (nSPS) is 14.4. The summed E-state index contributed by atoms with van der Waals surface area (Å²) in [7, 11) is 0. The van der Waals surface area contributed by atoms with Gasteiger partial charge in [-0.2, -0.15) is 0 Å². The third-order valence-corrected chi connectivity index (χ3v) is 3.90. The monoisotopic (exact) mass is 254 g/mol. The molecule has 0 unspecified atom stereocenters. The SMILES string of the molecule is CCC[C@H](C)CCCCC[C@H](C)CCCC(C)=O. The van der Waals surface area contributed by atoms with Gasteiger partial charge in [0.25, 0.3) is 0 Å². The van der Waals surface area contributed by atoms with Gasteiger partial charge in [0.15, 0.2) is 0 Å². The second-order valence-corrected chi connectivity index (χ2v) is 6.23. The quantitative estimate of drug-likeness (QED) is 0.404. The summed E-state index contributed by atoms with van der Waals surface area (Å²) in [4.78, 5) is 10.8. The van der Waals surface area contributed by atoms with Gasteiger partial charge >= 0.3 is 0 Å². The summed E-state index contributed by atoms with van der Waals surface area (Å²) in [6, 6.07) is 0. The van der Waals surface area contributed by atoms with Crippen LogP contribution < -0.4 is 0 Å². The van der Waals surface area contributed by atoms with Crippen molar-refractivity contribution in [2.24, 2.45) is 11.8 Å². The Kier molecular flexibility index (Phi) is 11.5. The first kappa shape index (κ1) is 17.7. The smallest absolute Gasteiger partial charge is 0.129 e. The fourth-order valence-corrected chi connectivity index (χ4v) is 2.64. The predicted molar refractivity (Wildman–Crippen MR) is 80.9 cm³/mol. The first-order valence-corrected chi connectivity index (χ1v) is 8.05. The Bertz CT molecular complexity index is 198. The van der Waals surface area contributed by atoms with Crippen LogP contribution in [0.1, 0.15) is 91.9 Å². The minimum absolute atomic E-state index is 0.340. The molecule has 1 heteroatoms. The highest BCUT2D eigenvalue weighted by Gasteiger charge is 2.04. The molecular formula is C17H34O. The molecule has 108 valence electrons.